The van der Waals surface area contributed by atoms with Gasteiger partial charge in [-0.2, -0.15) is 4.98 Å². The number of carbonyl (C=O) groups is 1. The first kappa shape index (κ1) is 22.7. The van der Waals surface area contributed by atoms with Crippen LogP contribution in [0, 0.1) is 0 Å². The van der Waals surface area contributed by atoms with Crippen molar-refractivity contribution >= 4 is 35.2 Å². The molecule has 0 spiro atoms. The van der Waals surface area contributed by atoms with Crippen molar-refractivity contribution in [3.63, 3.8) is 0 Å². The zero-order valence-electron chi connectivity index (χ0n) is 19.3. The monoisotopic (exact) mass is 454 g/mol. The number of fused-ring (bicyclic) bond motifs is 1. The molecule has 0 bridgehead atoms. The fraction of sp³-hybridized carbons (Fsp3) is 0.542. The molecule has 0 atom stereocenters. The molecule has 32 heavy (non-hydrogen) atoms. The molecule has 2 aromatic rings. The minimum absolute atomic E-state index is 0.128. The van der Waals surface area contributed by atoms with Crippen LogP contribution in [0.2, 0.25) is 0 Å². The topological polar surface area (TPSA) is 82.2 Å². The van der Waals surface area contributed by atoms with Crippen molar-refractivity contribution in [3.8, 4) is 0 Å². The molecule has 1 saturated carbocycles. The third kappa shape index (κ3) is 5.46. The van der Waals surface area contributed by atoms with Crippen LogP contribution >= 0.6 is 11.8 Å². The van der Waals surface area contributed by atoms with Gasteiger partial charge in [-0.15, -0.1) is 11.8 Å². The van der Waals surface area contributed by atoms with Crippen LogP contribution in [-0.4, -0.2) is 48.4 Å². The number of anilines is 3. The second-order valence-electron chi connectivity index (χ2n) is 8.89. The first-order valence-corrected chi connectivity index (χ1v) is 12.8. The summed E-state index contributed by atoms with van der Waals surface area (Å²) >= 11 is 1.63. The van der Waals surface area contributed by atoms with Crippen LogP contribution in [0.3, 0.4) is 0 Å². The average Bonchev–Trinajstić information content (AvgIpc) is 2.80. The Morgan fingerprint density at radius 3 is 2.50 bits per heavy atom. The van der Waals surface area contributed by atoms with E-state index in [2.05, 4.69) is 34.9 Å². The highest BCUT2D eigenvalue weighted by molar-refractivity contribution is 7.98. The maximum Gasteiger partial charge on any atom is 0.319 e. The molecule has 172 valence electrons. The van der Waals surface area contributed by atoms with E-state index in [9.17, 15) is 4.79 Å². The summed E-state index contributed by atoms with van der Waals surface area (Å²) in [7, 11) is 4.11. The van der Waals surface area contributed by atoms with E-state index in [-0.39, 0.29) is 12.1 Å². The van der Waals surface area contributed by atoms with Gasteiger partial charge >= 0.3 is 6.03 Å². The lowest BCUT2D eigenvalue weighted by atomic mass is 9.91. The number of amides is 2. The molecular formula is C24H34N6OS. The molecule has 7 nitrogen and oxygen atoms in total. The van der Waals surface area contributed by atoms with E-state index in [1.54, 1.807) is 11.8 Å². The minimum Gasteiger partial charge on any atom is -0.362 e. The zero-order chi connectivity index (χ0) is 22.5. The highest BCUT2D eigenvalue weighted by atomic mass is 32.2. The molecule has 0 saturated heterocycles. The Morgan fingerprint density at radius 2 is 1.75 bits per heavy atom. The number of nitrogens with one attached hydrogen (secondary N) is 3. The number of para-hydroxylation sites is 1. The van der Waals surface area contributed by atoms with Gasteiger partial charge in [-0.05, 0) is 69.8 Å². The van der Waals surface area contributed by atoms with Crippen molar-refractivity contribution in [2.45, 2.75) is 68.3 Å². The molecule has 1 fully saturated rings. The fourth-order valence-corrected chi connectivity index (χ4v) is 5.22. The summed E-state index contributed by atoms with van der Waals surface area (Å²) in [5.74, 6) is 1.80. The number of aromatic nitrogens is 2. The summed E-state index contributed by atoms with van der Waals surface area (Å²) in [6.07, 6.45) is 10.4. The SMILES string of the molecule is CSc1ccccc1NC(=O)N[C@H]1CC[C@@H](Nc2nc3c(c(N(C)C)n2)CCCC3)CC1. The van der Waals surface area contributed by atoms with Gasteiger partial charge in [0.25, 0.3) is 0 Å². The number of nitrogens with zero attached hydrogens (tertiary/aromatic N) is 3. The van der Waals surface area contributed by atoms with E-state index in [0.29, 0.717) is 6.04 Å². The maximum atomic E-state index is 12.5. The van der Waals surface area contributed by atoms with Crippen molar-refractivity contribution in [3.05, 3.63) is 35.5 Å². The van der Waals surface area contributed by atoms with Crippen LogP contribution in [0.15, 0.2) is 29.2 Å². The standard InChI is InChI=1S/C24H34N6OS/c1-30(2)22-18-8-4-5-9-19(18)27-23(29-22)25-16-12-14-17(15-13-16)26-24(31)28-20-10-6-7-11-21(20)32-3/h6-7,10-11,16-17H,4-5,8-9,12-15H2,1-3H3,(H,25,27,29)(H2,26,28,31)/t16-,17+. The molecule has 2 aliphatic rings. The van der Waals surface area contributed by atoms with Gasteiger partial charge < -0.3 is 20.9 Å². The molecule has 2 amide bonds. The Morgan fingerprint density at radius 1 is 1.03 bits per heavy atom. The van der Waals surface area contributed by atoms with Gasteiger partial charge in [-0.1, -0.05) is 12.1 Å². The van der Waals surface area contributed by atoms with Gasteiger partial charge in [0.2, 0.25) is 5.95 Å². The number of carbonyl (C=O) groups excluding carboxylic acids is 1. The van der Waals surface area contributed by atoms with Crippen LogP contribution in [0.5, 0.6) is 0 Å². The third-order valence-electron chi connectivity index (χ3n) is 6.34. The molecule has 0 radical (unpaired) electrons. The molecule has 0 aliphatic heterocycles. The Bertz CT molecular complexity index is 942. The Kier molecular flexibility index (Phi) is 7.40. The van der Waals surface area contributed by atoms with E-state index in [0.717, 1.165) is 60.9 Å². The maximum absolute atomic E-state index is 12.5. The molecular weight excluding hydrogens is 420 g/mol. The molecule has 1 aromatic heterocycles. The third-order valence-corrected chi connectivity index (χ3v) is 7.13. The van der Waals surface area contributed by atoms with Crippen molar-refractivity contribution in [1.29, 1.82) is 0 Å². The highest BCUT2D eigenvalue weighted by Gasteiger charge is 2.25. The van der Waals surface area contributed by atoms with Crippen molar-refractivity contribution in [2.24, 2.45) is 0 Å². The fourth-order valence-electron chi connectivity index (χ4n) is 4.67. The van der Waals surface area contributed by atoms with Crippen LogP contribution in [0.1, 0.15) is 49.8 Å². The number of hydrogen-bond donors (Lipinski definition) is 3. The van der Waals surface area contributed by atoms with Crippen LogP contribution in [-0.2, 0) is 12.8 Å². The predicted molar refractivity (Wildman–Crippen MR) is 133 cm³/mol. The van der Waals surface area contributed by atoms with Crippen molar-refractivity contribution in [1.82, 2.24) is 15.3 Å². The predicted octanol–water partition coefficient (Wildman–Crippen LogP) is 4.69. The highest BCUT2D eigenvalue weighted by Crippen LogP contribution is 2.29. The van der Waals surface area contributed by atoms with Crippen molar-refractivity contribution < 1.29 is 4.79 Å². The van der Waals surface area contributed by atoms with Gasteiger partial charge in [0, 0.05) is 36.6 Å². The van der Waals surface area contributed by atoms with E-state index in [1.807, 2.05) is 30.5 Å². The molecule has 4 rings (SSSR count). The number of benzene rings is 1. The number of hydrogen-bond acceptors (Lipinski definition) is 6. The van der Waals surface area contributed by atoms with Gasteiger partial charge in [-0.3, -0.25) is 0 Å². The van der Waals surface area contributed by atoms with E-state index >= 15 is 0 Å². The Labute approximate surface area is 195 Å². The summed E-state index contributed by atoms with van der Waals surface area (Å²) in [5.41, 5.74) is 3.37. The summed E-state index contributed by atoms with van der Waals surface area (Å²) in [6.45, 7) is 0. The lowest BCUT2D eigenvalue weighted by Gasteiger charge is -2.30. The second kappa shape index (κ2) is 10.4. The summed E-state index contributed by atoms with van der Waals surface area (Å²) in [6, 6.07) is 8.28. The molecule has 1 aromatic carbocycles. The van der Waals surface area contributed by atoms with Gasteiger partial charge in [0.05, 0.1) is 11.4 Å². The lowest BCUT2D eigenvalue weighted by molar-refractivity contribution is 0.243. The summed E-state index contributed by atoms with van der Waals surface area (Å²) in [5, 5.41) is 9.71. The molecule has 8 heteroatoms. The number of rotatable bonds is 6. The molecule has 0 unspecified atom stereocenters. The smallest absolute Gasteiger partial charge is 0.319 e. The minimum atomic E-state index is -0.128. The van der Waals surface area contributed by atoms with Crippen molar-refractivity contribution in [2.75, 3.05) is 35.9 Å². The Balaban J connectivity index is 1.30. The number of urea groups is 1. The van der Waals surface area contributed by atoms with E-state index in [1.165, 1.54) is 24.1 Å². The first-order chi connectivity index (χ1) is 15.5. The largest absolute Gasteiger partial charge is 0.362 e. The molecule has 2 aliphatic carbocycles. The average molecular weight is 455 g/mol. The molecule has 1 heterocycles. The number of aryl methyl sites for hydroxylation is 1. The number of thioether (sulfide) groups is 1. The van der Waals surface area contributed by atoms with Crippen LogP contribution < -0.4 is 20.9 Å². The summed E-state index contributed by atoms with van der Waals surface area (Å²) < 4.78 is 0. The van der Waals surface area contributed by atoms with Gasteiger partial charge in [0.15, 0.2) is 0 Å². The summed E-state index contributed by atoms with van der Waals surface area (Å²) in [4.78, 5) is 25.3. The van der Waals surface area contributed by atoms with Crippen LogP contribution in [0.25, 0.3) is 0 Å². The van der Waals surface area contributed by atoms with E-state index in [4.69, 9.17) is 9.97 Å². The second-order valence-corrected chi connectivity index (χ2v) is 9.74. The quantitative estimate of drug-likeness (QED) is 0.550. The molecule has 3 N–H and O–H groups in total. The first-order valence-electron chi connectivity index (χ1n) is 11.6. The van der Waals surface area contributed by atoms with Gasteiger partial charge in [-0.25, -0.2) is 9.78 Å². The zero-order valence-corrected chi connectivity index (χ0v) is 20.1. The normalized spacial score (nSPS) is 20.2. The Hall–Kier alpha value is -2.48. The van der Waals surface area contributed by atoms with E-state index < -0.39 is 0 Å². The lowest BCUT2D eigenvalue weighted by Crippen LogP contribution is -2.42. The van der Waals surface area contributed by atoms with Gasteiger partial charge in [0.1, 0.15) is 5.82 Å². The van der Waals surface area contributed by atoms with Crippen LogP contribution in [0.4, 0.5) is 22.2 Å².